The predicted molar refractivity (Wildman–Crippen MR) is 118 cm³/mol. The van der Waals surface area contributed by atoms with Crippen LogP contribution in [0, 0.1) is 34.6 Å². The molecule has 2 aromatic carbocycles. The Hall–Kier alpha value is -2.35. The number of nitrogens with zero attached hydrogens (tertiary/aromatic N) is 2. The Morgan fingerprint density at radius 1 is 0.926 bits per heavy atom. The summed E-state index contributed by atoms with van der Waals surface area (Å²) in [5.41, 5.74) is 12.3. The van der Waals surface area contributed by atoms with Crippen LogP contribution in [0.1, 0.15) is 47.2 Å². The summed E-state index contributed by atoms with van der Waals surface area (Å²) in [6.07, 6.45) is 5.62. The molecule has 0 fully saturated rings. The molecule has 0 aromatic heterocycles. The van der Waals surface area contributed by atoms with Crippen molar-refractivity contribution in [3.05, 3.63) is 69.3 Å². The zero-order chi connectivity index (χ0) is 19.7. The second-order valence-corrected chi connectivity index (χ2v) is 8.31. The summed E-state index contributed by atoms with van der Waals surface area (Å²) in [4.78, 5) is 2.42. The molecule has 0 bridgehead atoms. The lowest BCUT2D eigenvalue weighted by molar-refractivity contribution is -0.425. The van der Waals surface area contributed by atoms with Gasteiger partial charge in [-0.05, 0) is 82.7 Å². The SMILES string of the molecule is CC(C)=CCc1cc(C)c(N2C=[N+](c3c(C)cc(C)cc3C)CC2)c(C)c1. The largest absolute Gasteiger partial charge is 0.244 e. The van der Waals surface area contributed by atoms with Gasteiger partial charge < -0.3 is 0 Å². The molecule has 1 aliphatic heterocycles. The Morgan fingerprint density at radius 2 is 1.52 bits per heavy atom. The molecule has 2 heteroatoms. The van der Waals surface area contributed by atoms with Gasteiger partial charge in [0, 0.05) is 0 Å². The van der Waals surface area contributed by atoms with Crippen molar-refractivity contribution >= 4 is 17.7 Å². The van der Waals surface area contributed by atoms with Crippen molar-refractivity contribution in [2.75, 3.05) is 18.0 Å². The highest BCUT2D eigenvalue weighted by atomic mass is 15.3. The van der Waals surface area contributed by atoms with E-state index in [0.717, 1.165) is 19.5 Å². The number of aryl methyl sites for hydroxylation is 5. The molecular weight excluding hydrogens is 328 g/mol. The van der Waals surface area contributed by atoms with Crippen LogP contribution in [0.15, 0.2) is 35.9 Å². The van der Waals surface area contributed by atoms with Gasteiger partial charge in [0.05, 0.1) is 0 Å². The number of hydrogen-bond acceptors (Lipinski definition) is 1. The third kappa shape index (κ3) is 4.16. The van der Waals surface area contributed by atoms with Crippen LogP contribution in [0.5, 0.6) is 0 Å². The van der Waals surface area contributed by atoms with Crippen LogP contribution < -0.4 is 4.90 Å². The molecule has 0 atom stereocenters. The molecule has 2 nitrogen and oxygen atoms in total. The third-order valence-corrected chi connectivity index (χ3v) is 5.37. The molecule has 1 aliphatic rings. The normalized spacial score (nSPS) is 13.7. The van der Waals surface area contributed by atoms with E-state index in [1.54, 1.807) is 0 Å². The summed E-state index contributed by atoms with van der Waals surface area (Å²) in [7, 11) is 0. The van der Waals surface area contributed by atoms with Crippen molar-refractivity contribution in [2.24, 2.45) is 0 Å². The highest BCUT2D eigenvalue weighted by Crippen LogP contribution is 2.30. The summed E-state index contributed by atoms with van der Waals surface area (Å²) in [6.45, 7) is 17.5. The molecular formula is C25H33N2+. The standard InChI is InChI=1S/C25H33N2/c1-17(2)8-9-23-14-21(6)25(22(7)15-23)27-11-10-26(16-27)24-19(4)12-18(3)13-20(24)5/h8,12-16H,9-11H2,1-7H3/q+1. The zero-order valence-electron chi connectivity index (χ0n) is 18.0. The third-order valence-electron chi connectivity index (χ3n) is 5.37. The smallest absolute Gasteiger partial charge is 0.229 e. The molecule has 3 rings (SSSR count). The van der Waals surface area contributed by atoms with E-state index in [1.807, 2.05) is 0 Å². The van der Waals surface area contributed by atoms with Crippen LogP contribution in [0.4, 0.5) is 11.4 Å². The topological polar surface area (TPSA) is 6.25 Å². The monoisotopic (exact) mass is 361 g/mol. The van der Waals surface area contributed by atoms with E-state index in [2.05, 4.69) is 94.6 Å². The average Bonchev–Trinajstić information content (AvgIpc) is 3.00. The molecule has 0 saturated heterocycles. The fourth-order valence-corrected chi connectivity index (χ4v) is 4.40. The minimum Gasteiger partial charge on any atom is -0.229 e. The van der Waals surface area contributed by atoms with E-state index in [0.29, 0.717) is 0 Å². The Bertz CT molecular complexity index is 881. The Balaban J connectivity index is 1.94. The Labute approximate surface area is 164 Å². The first-order chi connectivity index (χ1) is 12.8. The Morgan fingerprint density at radius 3 is 2.07 bits per heavy atom. The summed E-state index contributed by atoms with van der Waals surface area (Å²) in [5.74, 6) is 0. The van der Waals surface area contributed by atoms with Crippen molar-refractivity contribution in [1.82, 2.24) is 0 Å². The molecule has 0 radical (unpaired) electrons. The van der Waals surface area contributed by atoms with Crippen molar-refractivity contribution < 1.29 is 4.58 Å². The molecule has 1 heterocycles. The van der Waals surface area contributed by atoms with Gasteiger partial charge in [-0.3, -0.25) is 0 Å². The van der Waals surface area contributed by atoms with Gasteiger partial charge in [-0.1, -0.05) is 41.5 Å². The van der Waals surface area contributed by atoms with Crippen LogP contribution in [0.3, 0.4) is 0 Å². The minimum absolute atomic E-state index is 1.02. The van der Waals surface area contributed by atoms with E-state index in [1.165, 1.54) is 50.3 Å². The molecule has 2 aromatic rings. The van der Waals surface area contributed by atoms with Crippen molar-refractivity contribution in [1.29, 1.82) is 0 Å². The van der Waals surface area contributed by atoms with Gasteiger partial charge in [0.15, 0.2) is 0 Å². The number of benzene rings is 2. The highest BCUT2D eigenvalue weighted by Gasteiger charge is 2.27. The van der Waals surface area contributed by atoms with E-state index < -0.39 is 0 Å². The van der Waals surface area contributed by atoms with Crippen LogP contribution in [0.25, 0.3) is 0 Å². The number of anilines is 1. The number of rotatable bonds is 4. The van der Waals surface area contributed by atoms with Gasteiger partial charge in [-0.25, -0.2) is 9.48 Å². The first-order valence-electron chi connectivity index (χ1n) is 9.96. The van der Waals surface area contributed by atoms with E-state index in [-0.39, 0.29) is 0 Å². The summed E-state index contributed by atoms with van der Waals surface area (Å²) >= 11 is 0. The second kappa shape index (κ2) is 7.72. The first kappa shape index (κ1) is 19.4. The highest BCUT2D eigenvalue weighted by molar-refractivity contribution is 5.82. The average molecular weight is 362 g/mol. The molecule has 27 heavy (non-hydrogen) atoms. The fourth-order valence-electron chi connectivity index (χ4n) is 4.40. The van der Waals surface area contributed by atoms with Gasteiger partial charge in [0.25, 0.3) is 0 Å². The molecule has 0 unspecified atom stereocenters. The summed E-state index contributed by atoms with van der Waals surface area (Å²) < 4.78 is 2.42. The lowest BCUT2D eigenvalue weighted by atomic mass is 10.0. The predicted octanol–water partition coefficient (Wildman–Crippen LogP) is 5.93. The quantitative estimate of drug-likeness (QED) is 0.483. The molecule has 0 spiro atoms. The molecule has 0 amide bonds. The van der Waals surface area contributed by atoms with Crippen molar-refractivity contribution in [3.63, 3.8) is 0 Å². The van der Waals surface area contributed by atoms with Crippen LogP contribution >= 0.6 is 0 Å². The van der Waals surface area contributed by atoms with Crippen LogP contribution in [-0.2, 0) is 6.42 Å². The molecule has 142 valence electrons. The van der Waals surface area contributed by atoms with Gasteiger partial charge in [0.2, 0.25) is 6.34 Å². The second-order valence-electron chi connectivity index (χ2n) is 8.31. The number of hydrogen-bond donors (Lipinski definition) is 0. The minimum atomic E-state index is 1.02. The summed E-state index contributed by atoms with van der Waals surface area (Å²) in [6, 6.07) is 9.27. The number of allylic oxidation sites excluding steroid dienone is 2. The fraction of sp³-hybridized carbons (Fsp3) is 0.400. The first-order valence-corrected chi connectivity index (χ1v) is 9.96. The maximum absolute atomic E-state index is 2.42. The maximum Gasteiger partial charge on any atom is 0.244 e. The Kier molecular flexibility index (Phi) is 5.55. The molecule has 0 N–H and O–H groups in total. The van der Waals surface area contributed by atoms with Crippen molar-refractivity contribution in [2.45, 2.75) is 54.9 Å². The maximum atomic E-state index is 2.42. The van der Waals surface area contributed by atoms with Gasteiger partial charge >= 0.3 is 0 Å². The lowest BCUT2D eigenvalue weighted by Gasteiger charge is -2.14. The van der Waals surface area contributed by atoms with E-state index in [4.69, 9.17) is 0 Å². The van der Waals surface area contributed by atoms with Gasteiger partial charge in [0.1, 0.15) is 24.5 Å². The van der Waals surface area contributed by atoms with Gasteiger partial charge in [-0.15, -0.1) is 0 Å². The van der Waals surface area contributed by atoms with Crippen molar-refractivity contribution in [3.8, 4) is 0 Å². The van der Waals surface area contributed by atoms with Gasteiger partial charge in [-0.2, -0.15) is 0 Å². The van der Waals surface area contributed by atoms with Crippen LogP contribution in [0.2, 0.25) is 0 Å². The van der Waals surface area contributed by atoms with E-state index >= 15 is 0 Å². The molecule has 0 saturated carbocycles. The lowest BCUT2D eigenvalue weighted by Crippen LogP contribution is -2.20. The van der Waals surface area contributed by atoms with Crippen LogP contribution in [-0.4, -0.2) is 24.0 Å². The summed E-state index contributed by atoms with van der Waals surface area (Å²) in [5, 5.41) is 0. The van der Waals surface area contributed by atoms with E-state index in [9.17, 15) is 0 Å². The molecule has 0 aliphatic carbocycles. The zero-order valence-corrected chi connectivity index (χ0v) is 18.0.